The van der Waals surface area contributed by atoms with Crippen LogP contribution in [0, 0.1) is 0 Å². The molecular formula is H12As2Cr6O21. The van der Waals surface area contributed by atoms with Crippen LogP contribution in [0.5, 0.6) is 0 Å². The molecule has 0 radical (unpaired) electrons. The molecule has 0 aliphatic heterocycles. The Hall–Kier alpha value is 1.55. The van der Waals surface area contributed by atoms with Gasteiger partial charge >= 0.3 is 197 Å². The Labute approximate surface area is 194 Å². The van der Waals surface area contributed by atoms with E-state index in [9.17, 15) is 45.6 Å². The molecule has 0 amide bonds. The van der Waals surface area contributed by atoms with Crippen molar-refractivity contribution in [1.29, 1.82) is 0 Å². The second kappa shape index (κ2) is 14.6. The molecule has 0 aromatic rings. The molecule has 0 heterocycles. The van der Waals surface area contributed by atoms with Crippen LogP contribution in [0.15, 0.2) is 0 Å². The Balaban J connectivity index is -0.0000000960. The van der Waals surface area contributed by atoms with E-state index in [4.69, 9.17) is 24.9 Å². The average molecular weight is 810 g/mol. The molecule has 0 spiro atoms. The number of hydrogen-bond acceptors (Lipinski definition) is 15. The SMILES string of the molecule is [AsH3].[AsH3].[O]=[Cr](=[O])([OH])[O][Cr](=[O])(=[O])[OH].[O]=[Cr](=[O])([OH])[O][Cr](=[O])(=[O])[OH].[O]=[Cr](=[O])([OH])[O][Cr](=[O])(=[O])[OH]. The Morgan fingerprint density at radius 2 is 0.379 bits per heavy atom. The van der Waals surface area contributed by atoms with Crippen molar-refractivity contribution < 1.29 is 161 Å². The van der Waals surface area contributed by atoms with Gasteiger partial charge in [-0.15, -0.1) is 0 Å². The minimum atomic E-state index is -5.76. The molecule has 0 fully saturated rings. The Morgan fingerprint density at radius 1 is 0.310 bits per heavy atom. The molecule has 29 heavy (non-hydrogen) atoms. The first-order valence-electron chi connectivity index (χ1n) is 4.10. The summed E-state index contributed by atoms with van der Waals surface area (Å²) in [6.07, 6.45) is 0. The molecule has 0 aromatic heterocycles. The van der Waals surface area contributed by atoms with Crippen molar-refractivity contribution in [2.75, 3.05) is 0 Å². The first-order chi connectivity index (χ1) is 11.1. The normalized spacial score (nSPS) is 12.6. The van der Waals surface area contributed by atoms with Crippen molar-refractivity contribution >= 4 is 35.9 Å². The van der Waals surface area contributed by atoms with Gasteiger partial charge in [0.05, 0.1) is 0 Å². The Kier molecular flexibility index (Phi) is 20.6. The monoisotopic (exact) mass is 809 g/mol. The second-order valence-electron chi connectivity index (χ2n) is 2.77. The first-order valence-corrected chi connectivity index (χ1v) is 16.9. The van der Waals surface area contributed by atoms with Crippen LogP contribution in [-0.2, 0) is 136 Å². The van der Waals surface area contributed by atoms with Gasteiger partial charge in [0, 0.05) is 0 Å². The van der Waals surface area contributed by atoms with Crippen LogP contribution in [0.1, 0.15) is 0 Å². The molecule has 0 aliphatic carbocycles. The van der Waals surface area contributed by atoms with E-state index in [1.165, 1.54) is 0 Å². The summed E-state index contributed by atoms with van der Waals surface area (Å²) in [4.78, 5) is 0. The van der Waals surface area contributed by atoms with Gasteiger partial charge in [-0.2, -0.15) is 0 Å². The van der Waals surface area contributed by atoms with E-state index in [0.717, 1.165) is 0 Å². The van der Waals surface area contributed by atoms with Crippen molar-refractivity contribution in [2.45, 2.75) is 0 Å². The van der Waals surface area contributed by atoms with Crippen molar-refractivity contribution in [3.05, 3.63) is 0 Å². The quantitative estimate of drug-likeness (QED) is 0.136. The molecule has 6 N–H and O–H groups in total. The van der Waals surface area contributed by atoms with E-state index >= 15 is 0 Å². The van der Waals surface area contributed by atoms with Gasteiger partial charge in [0.1, 0.15) is 0 Å². The van der Waals surface area contributed by atoms with Gasteiger partial charge in [-0.25, -0.2) is 0 Å². The molecule has 0 aliphatic rings. The molecule has 2 atom stereocenters. The van der Waals surface area contributed by atoms with Crippen LogP contribution in [0.4, 0.5) is 0 Å². The summed E-state index contributed by atoms with van der Waals surface area (Å²) in [7, 11) is 0. The number of hydrogen-bond donors (Lipinski definition) is 6. The third-order valence-corrected chi connectivity index (χ3v) is 8.77. The van der Waals surface area contributed by atoms with Crippen LogP contribution < -0.4 is 0 Å². The second-order valence-corrected chi connectivity index (χ2v) is 14.1. The van der Waals surface area contributed by atoms with E-state index in [0.29, 0.717) is 0 Å². The van der Waals surface area contributed by atoms with Gasteiger partial charge < -0.3 is 0 Å². The van der Waals surface area contributed by atoms with Crippen LogP contribution in [0.3, 0.4) is 0 Å². The van der Waals surface area contributed by atoms with Gasteiger partial charge in [-0.3, -0.25) is 0 Å². The molecule has 0 aromatic carbocycles. The van der Waals surface area contributed by atoms with Gasteiger partial charge in [-0.05, 0) is 0 Å². The van der Waals surface area contributed by atoms with Crippen molar-refractivity contribution in [2.24, 2.45) is 0 Å². The summed E-state index contributed by atoms with van der Waals surface area (Å²) in [5, 5.41) is 0. The summed E-state index contributed by atoms with van der Waals surface area (Å²) < 4.78 is 169. The third-order valence-electron chi connectivity index (χ3n) is 0.516. The van der Waals surface area contributed by atoms with Gasteiger partial charge in [-0.1, -0.05) is 0 Å². The number of rotatable bonds is 6. The van der Waals surface area contributed by atoms with Crippen molar-refractivity contribution in [3.63, 3.8) is 0 Å². The van der Waals surface area contributed by atoms with E-state index in [1.54, 1.807) is 0 Å². The fourth-order valence-electron chi connectivity index (χ4n) is 0.326. The van der Waals surface area contributed by atoms with E-state index < -0.39 is 81.7 Å². The van der Waals surface area contributed by atoms with Crippen LogP contribution >= 0.6 is 0 Å². The zero-order valence-electron chi connectivity index (χ0n) is 12.7. The summed E-state index contributed by atoms with van der Waals surface area (Å²) >= 11 is -34.5. The standard InChI is InChI=1S/2AsH3.6Cr.6H2O.15O/h2*1H3;;;;;;;6*1H2;;;;;;;;;;;;;;;/q;;6*+1;;;;;;;;;;;;;;;;;;;;;/p-6. The van der Waals surface area contributed by atoms with E-state index in [2.05, 4.69) is 8.52 Å². The summed E-state index contributed by atoms with van der Waals surface area (Å²) in [6, 6.07) is 0. The van der Waals surface area contributed by atoms with Crippen LogP contribution in [0.25, 0.3) is 0 Å². The predicted molar refractivity (Wildman–Crippen MR) is 44.7 cm³/mol. The van der Waals surface area contributed by atoms with Crippen molar-refractivity contribution in [3.8, 4) is 0 Å². The zero-order chi connectivity index (χ0) is 23.1. The topological polar surface area (TPSA) is 354 Å². The Bertz CT molecular complexity index is 854. The molecule has 184 valence electrons. The molecule has 0 saturated carbocycles. The molecule has 0 bridgehead atoms. The summed E-state index contributed by atoms with van der Waals surface area (Å²) in [5.41, 5.74) is 0. The van der Waals surface area contributed by atoms with Crippen LogP contribution in [0.2, 0.25) is 0 Å². The maximum absolute atomic E-state index is 9.53. The fraction of sp³-hybridized carbons (Fsp3) is 0. The predicted octanol–water partition coefficient (Wildman–Crippen LogP) is -7.36. The zero-order valence-corrected chi connectivity index (χ0v) is 26.3. The third kappa shape index (κ3) is 58.7. The minimum absolute atomic E-state index is 0. The Morgan fingerprint density at radius 3 is 0.379 bits per heavy atom. The van der Waals surface area contributed by atoms with Gasteiger partial charge in [0.25, 0.3) is 0 Å². The van der Waals surface area contributed by atoms with E-state index in [-0.39, 0.29) is 35.9 Å². The first kappa shape index (κ1) is 40.9. The summed E-state index contributed by atoms with van der Waals surface area (Å²) in [5.74, 6) is 0. The molecule has 2 unspecified atom stereocenters. The molecule has 0 saturated heterocycles. The molecule has 0 rings (SSSR count). The molecule has 21 nitrogen and oxygen atoms in total. The van der Waals surface area contributed by atoms with Crippen LogP contribution in [-0.4, -0.2) is 60.9 Å². The molecular weight excluding hydrogens is 798 g/mol. The average Bonchev–Trinajstić information content (AvgIpc) is 1.96. The summed E-state index contributed by atoms with van der Waals surface area (Å²) in [6.45, 7) is 0. The fourth-order valence-corrected chi connectivity index (χ4v) is 5.54. The van der Waals surface area contributed by atoms with Gasteiger partial charge in [0.2, 0.25) is 0 Å². The van der Waals surface area contributed by atoms with Crippen molar-refractivity contribution in [1.82, 2.24) is 0 Å². The molecule has 29 heteroatoms. The van der Waals surface area contributed by atoms with E-state index in [1.807, 2.05) is 0 Å². The maximum atomic E-state index is 9.53. The van der Waals surface area contributed by atoms with Gasteiger partial charge in [0.15, 0.2) is 0 Å².